The number of H-pyrrole nitrogens is 1. The lowest BCUT2D eigenvalue weighted by atomic mass is 9.84. The van der Waals surface area contributed by atoms with E-state index in [4.69, 9.17) is 5.11 Å². The molecule has 1 aromatic heterocycles. The van der Waals surface area contributed by atoms with Gasteiger partial charge in [0.15, 0.2) is 0 Å². The summed E-state index contributed by atoms with van der Waals surface area (Å²) in [5, 5.41) is 11.7. The third-order valence-electron chi connectivity index (χ3n) is 3.51. The van der Waals surface area contributed by atoms with Crippen molar-refractivity contribution in [3.63, 3.8) is 0 Å². The molecule has 1 saturated carbocycles. The average molecular weight is 250 g/mol. The van der Waals surface area contributed by atoms with Crippen LogP contribution in [0.3, 0.4) is 0 Å². The molecule has 1 aliphatic rings. The molecule has 5 nitrogen and oxygen atoms in total. The van der Waals surface area contributed by atoms with Gasteiger partial charge in [0.25, 0.3) is 5.91 Å². The Balaban J connectivity index is 1.77. The minimum atomic E-state index is -0.727. The number of rotatable bonds is 4. The highest BCUT2D eigenvalue weighted by molar-refractivity contribution is 5.94. The Morgan fingerprint density at radius 3 is 2.61 bits per heavy atom. The number of amides is 1. The van der Waals surface area contributed by atoms with E-state index in [1.807, 2.05) is 0 Å². The van der Waals surface area contributed by atoms with Crippen molar-refractivity contribution < 1.29 is 14.7 Å². The van der Waals surface area contributed by atoms with Gasteiger partial charge in [0.2, 0.25) is 0 Å². The molecule has 0 saturated heterocycles. The van der Waals surface area contributed by atoms with Gasteiger partial charge >= 0.3 is 5.97 Å². The molecule has 0 unspecified atom stereocenters. The van der Waals surface area contributed by atoms with Crippen LogP contribution in [0.5, 0.6) is 0 Å². The molecular weight excluding hydrogens is 232 g/mol. The standard InChI is InChI=1S/C13H18N2O3/c16-12(17)7-9-1-3-11(4-2-9)15-13(18)10-5-6-14-8-10/h5-6,8-9,11,14H,1-4,7H2,(H,15,18)(H,16,17). The zero-order chi connectivity index (χ0) is 13.0. The van der Waals surface area contributed by atoms with Gasteiger partial charge in [-0.05, 0) is 37.7 Å². The van der Waals surface area contributed by atoms with E-state index in [1.54, 1.807) is 18.5 Å². The summed E-state index contributed by atoms with van der Waals surface area (Å²) in [5.74, 6) is -0.518. The molecule has 0 spiro atoms. The summed E-state index contributed by atoms with van der Waals surface area (Å²) in [4.78, 5) is 25.3. The first-order valence-electron chi connectivity index (χ1n) is 6.30. The van der Waals surface area contributed by atoms with E-state index in [9.17, 15) is 9.59 Å². The fraction of sp³-hybridized carbons (Fsp3) is 0.538. The van der Waals surface area contributed by atoms with E-state index < -0.39 is 5.97 Å². The lowest BCUT2D eigenvalue weighted by Gasteiger charge is -2.28. The van der Waals surface area contributed by atoms with Gasteiger partial charge in [-0.15, -0.1) is 0 Å². The average Bonchev–Trinajstić information content (AvgIpc) is 2.84. The molecular formula is C13H18N2O3. The van der Waals surface area contributed by atoms with Crippen molar-refractivity contribution in [2.45, 2.75) is 38.1 Å². The molecule has 2 rings (SSSR count). The molecule has 0 atom stereocenters. The second-order valence-electron chi connectivity index (χ2n) is 4.89. The van der Waals surface area contributed by atoms with Crippen LogP contribution in [0.2, 0.25) is 0 Å². The Bertz CT molecular complexity index is 406. The summed E-state index contributed by atoms with van der Waals surface area (Å²) in [7, 11) is 0. The molecule has 0 bridgehead atoms. The van der Waals surface area contributed by atoms with Crippen molar-refractivity contribution in [1.82, 2.24) is 10.3 Å². The highest BCUT2D eigenvalue weighted by atomic mass is 16.4. The van der Waals surface area contributed by atoms with E-state index in [1.165, 1.54) is 0 Å². The van der Waals surface area contributed by atoms with Crippen molar-refractivity contribution >= 4 is 11.9 Å². The Kier molecular flexibility index (Phi) is 4.02. The normalized spacial score (nSPS) is 23.6. The van der Waals surface area contributed by atoms with Gasteiger partial charge in [-0.3, -0.25) is 9.59 Å². The van der Waals surface area contributed by atoms with Crippen LogP contribution in [0.4, 0.5) is 0 Å². The Labute approximate surface area is 106 Å². The van der Waals surface area contributed by atoms with Crippen molar-refractivity contribution in [3.05, 3.63) is 24.0 Å². The van der Waals surface area contributed by atoms with Crippen LogP contribution in [0.1, 0.15) is 42.5 Å². The van der Waals surface area contributed by atoms with Gasteiger partial charge in [0, 0.05) is 24.9 Å². The van der Waals surface area contributed by atoms with Crippen LogP contribution in [-0.2, 0) is 4.79 Å². The summed E-state index contributed by atoms with van der Waals surface area (Å²) >= 11 is 0. The van der Waals surface area contributed by atoms with Gasteiger partial charge in [-0.2, -0.15) is 0 Å². The maximum atomic E-state index is 11.8. The molecule has 1 aromatic rings. The first-order chi connectivity index (χ1) is 8.65. The minimum Gasteiger partial charge on any atom is -0.481 e. The van der Waals surface area contributed by atoms with Crippen LogP contribution in [0, 0.1) is 5.92 Å². The van der Waals surface area contributed by atoms with E-state index in [0.717, 1.165) is 25.7 Å². The maximum absolute atomic E-state index is 11.8. The molecule has 1 aliphatic carbocycles. The zero-order valence-electron chi connectivity index (χ0n) is 10.2. The predicted octanol–water partition coefficient (Wildman–Crippen LogP) is 1.78. The molecule has 18 heavy (non-hydrogen) atoms. The minimum absolute atomic E-state index is 0.0575. The summed E-state index contributed by atoms with van der Waals surface area (Å²) in [6.45, 7) is 0. The number of aliphatic carboxylic acids is 1. The highest BCUT2D eigenvalue weighted by Gasteiger charge is 2.24. The topological polar surface area (TPSA) is 82.2 Å². The highest BCUT2D eigenvalue weighted by Crippen LogP contribution is 2.26. The number of hydrogen-bond donors (Lipinski definition) is 3. The first-order valence-corrected chi connectivity index (χ1v) is 6.30. The van der Waals surface area contributed by atoms with E-state index >= 15 is 0 Å². The first kappa shape index (κ1) is 12.7. The number of carbonyl (C=O) groups is 2. The number of aromatic amines is 1. The van der Waals surface area contributed by atoms with Crippen LogP contribution in [0.25, 0.3) is 0 Å². The van der Waals surface area contributed by atoms with Crippen LogP contribution in [0.15, 0.2) is 18.5 Å². The van der Waals surface area contributed by atoms with Gasteiger partial charge in [-0.25, -0.2) is 0 Å². The van der Waals surface area contributed by atoms with Crippen molar-refractivity contribution in [1.29, 1.82) is 0 Å². The lowest BCUT2D eigenvalue weighted by molar-refractivity contribution is -0.138. The molecule has 1 amide bonds. The smallest absolute Gasteiger partial charge is 0.303 e. The molecule has 98 valence electrons. The number of nitrogens with one attached hydrogen (secondary N) is 2. The van der Waals surface area contributed by atoms with Crippen LogP contribution < -0.4 is 5.32 Å². The molecule has 1 fully saturated rings. The Morgan fingerprint density at radius 2 is 2.06 bits per heavy atom. The molecule has 3 N–H and O–H groups in total. The van der Waals surface area contributed by atoms with E-state index in [0.29, 0.717) is 5.56 Å². The second kappa shape index (κ2) is 5.71. The third-order valence-corrected chi connectivity index (χ3v) is 3.51. The predicted molar refractivity (Wildman–Crippen MR) is 66.3 cm³/mol. The van der Waals surface area contributed by atoms with Crippen molar-refractivity contribution in [2.24, 2.45) is 5.92 Å². The second-order valence-corrected chi connectivity index (χ2v) is 4.89. The van der Waals surface area contributed by atoms with Gasteiger partial charge < -0.3 is 15.4 Å². The number of carbonyl (C=O) groups excluding carboxylic acids is 1. The summed E-state index contributed by atoms with van der Waals surface area (Å²) < 4.78 is 0. The van der Waals surface area contributed by atoms with E-state index in [2.05, 4.69) is 10.3 Å². The fourth-order valence-electron chi connectivity index (χ4n) is 2.49. The maximum Gasteiger partial charge on any atom is 0.303 e. The van der Waals surface area contributed by atoms with Crippen LogP contribution in [-0.4, -0.2) is 28.0 Å². The summed E-state index contributed by atoms with van der Waals surface area (Å²) in [6.07, 6.45) is 7.14. The number of hydrogen-bond acceptors (Lipinski definition) is 2. The van der Waals surface area contributed by atoms with Crippen molar-refractivity contribution in [2.75, 3.05) is 0 Å². The molecule has 0 aliphatic heterocycles. The van der Waals surface area contributed by atoms with E-state index in [-0.39, 0.29) is 24.3 Å². The van der Waals surface area contributed by atoms with Gasteiger partial charge in [0.05, 0.1) is 5.56 Å². The zero-order valence-corrected chi connectivity index (χ0v) is 10.2. The Hall–Kier alpha value is -1.78. The number of carboxylic acids is 1. The molecule has 0 radical (unpaired) electrons. The number of carboxylic acid groups (broad SMARTS) is 1. The molecule has 5 heteroatoms. The largest absolute Gasteiger partial charge is 0.481 e. The molecule has 0 aromatic carbocycles. The lowest BCUT2D eigenvalue weighted by Crippen LogP contribution is -2.37. The molecule has 1 heterocycles. The quantitative estimate of drug-likeness (QED) is 0.761. The summed E-state index contributed by atoms with van der Waals surface area (Å²) in [5.41, 5.74) is 0.641. The van der Waals surface area contributed by atoms with Crippen molar-refractivity contribution in [3.8, 4) is 0 Å². The summed E-state index contributed by atoms with van der Waals surface area (Å²) in [6, 6.07) is 1.92. The fourth-order valence-corrected chi connectivity index (χ4v) is 2.49. The van der Waals surface area contributed by atoms with Gasteiger partial charge in [-0.1, -0.05) is 0 Å². The number of aromatic nitrogens is 1. The third kappa shape index (κ3) is 3.35. The van der Waals surface area contributed by atoms with Gasteiger partial charge in [0.1, 0.15) is 0 Å². The van der Waals surface area contributed by atoms with Crippen LogP contribution >= 0.6 is 0 Å². The monoisotopic (exact) mass is 250 g/mol. The Morgan fingerprint density at radius 1 is 1.33 bits per heavy atom. The SMILES string of the molecule is O=C(O)CC1CCC(NC(=O)c2cc[nH]c2)CC1.